The Morgan fingerprint density at radius 2 is 1.53 bits per heavy atom. The lowest BCUT2D eigenvalue weighted by Gasteiger charge is -2.22. The van der Waals surface area contributed by atoms with Gasteiger partial charge in [0.05, 0.1) is 13.0 Å². The summed E-state index contributed by atoms with van der Waals surface area (Å²) in [5.41, 5.74) is 0. The molecular formula is C12H22O3. The molecule has 0 radical (unpaired) electrons. The van der Waals surface area contributed by atoms with Crippen LogP contribution >= 0.6 is 0 Å². The van der Waals surface area contributed by atoms with E-state index in [0.29, 0.717) is 0 Å². The van der Waals surface area contributed by atoms with Crippen LogP contribution < -0.4 is 0 Å². The first-order chi connectivity index (χ1) is 7.08. The van der Waals surface area contributed by atoms with E-state index in [4.69, 9.17) is 4.74 Å². The maximum Gasteiger partial charge on any atom is 0.309 e. The number of carbonyl (C=O) groups excluding carboxylic acids is 2. The van der Waals surface area contributed by atoms with Gasteiger partial charge >= 0.3 is 5.97 Å². The molecule has 0 N–H and O–H groups in total. The van der Waals surface area contributed by atoms with Crippen LogP contribution in [0.4, 0.5) is 0 Å². The average Bonchev–Trinajstić information content (AvgIpc) is 2.21. The predicted molar refractivity (Wildman–Crippen MR) is 59.5 cm³/mol. The fourth-order valence-corrected chi connectivity index (χ4v) is 1.94. The Kier molecular flexibility index (Phi) is 7.01. The van der Waals surface area contributed by atoms with Crippen LogP contribution in [0.15, 0.2) is 0 Å². The molecule has 0 fully saturated rings. The Morgan fingerprint density at radius 1 is 1.07 bits per heavy atom. The highest BCUT2D eigenvalue weighted by Crippen LogP contribution is 2.24. The molecule has 0 bridgehead atoms. The topological polar surface area (TPSA) is 43.4 Å². The van der Waals surface area contributed by atoms with Crippen LogP contribution in [-0.2, 0) is 14.3 Å². The number of Topliss-reactive ketones (excluding diaryl/α,β-unsaturated/α-hetero) is 1. The highest BCUT2D eigenvalue weighted by molar-refractivity contribution is 5.85. The number of methoxy groups -OCH3 is 1. The summed E-state index contributed by atoms with van der Waals surface area (Å²) in [6.07, 6.45) is 3.32. The summed E-state index contributed by atoms with van der Waals surface area (Å²) in [4.78, 5) is 23.0. The normalized spacial score (nSPS) is 14.4. The highest BCUT2D eigenvalue weighted by Gasteiger charge is 2.30. The molecule has 0 spiro atoms. The number of esters is 1. The standard InChI is InChI=1S/C12H22O3/c1-5-7-10(9(3)13)11(8-6-2)12(14)15-4/h10-11H,5-8H2,1-4H3. The summed E-state index contributed by atoms with van der Waals surface area (Å²) in [6, 6.07) is 0. The second-order valence-corrected chi connectivity index (χ2v) is 3.92. The Hall–Kier alpha value is -0.860. The zero-order chi connectivity index (χ0) is 11.8. The molecular weight excluding hydrogens is 192 g/mol. The Labute approximate surface area is 92.2 Å². The molecule has 0 saturated heterocycles. The first-order valence-corrected chi connectivity index (χ1v) is 5.66. The van der Waals surface area contributed by atoms with Crippen molar-refractivity contribution < 1.29 is 14.3 Å². The quantitative estimate of drug-likeness (QED) is 0.612. The molecule has 2 atom stereocenters. The summed E-state index contributed by atoms with van der Waals surface area (Å²) in [5.74, 6) is -0.564. The predicted octanol–water partition coefficient (Wildman–Crippen LogP) is 2.58. The van der Waals surface area contributed by atoms with Gasteiger partial charge in [-0.05, 0) is 19.8 Å². The van der Waals surface area contributed by atoms with E-state index in [2.05, 4.69) is 0 Å². The fourth-order valence-electron chi connectivity index (χ4n) is 1.94. The van der Waals surface area contributed by atoms with Gasteiger partial charge in [0.25, 0.3) is 0 Å². The molecule has 0 aliphatic heterocycles. The molecule has 15 heavy (non-hydrogen) atoms. The van der Waals surface area contributed by atoms with Gasteiger partial charge < -0.3 is 4.74 Å². The Bertz CT molecular complexity index is 211. The second-order valence-electron chi connectivity index (χ2n) is 3.92. The van der Waals surface area contributed by atoms with Crippen LogP contribution in [0, 0.1) is 11.8 Å². The molecule has 0 aliphatic rings. The molecule has 3 nitrogen and oxygen atoms in total. The van der Waals surface area contributed by atoms with E-state index in [0.717, 1.165) is 25.7 Å². The SMILES string of the molecule is CCCC(C(C)=O)C(CCC)C(=O)OC. The second kappa shape index (κ2) is 7.43. The summed E-state index contributed by atoms with van der Waals surface area (Å²) in [5, 5.41) is 0. The lowest BCUT2D eigenvalue weighted by molar-refractivity contribution is -0.150. The minimum atomic E-state index is -0.252. The zero-order valence-corrected chi connectivity index (χ0v) is 10.2. The van der Waals surface area contributed by atoms with E-state index in [1.807, 2.05) is 13.8 Å². The minimum Gasteiger partial charge on any atom is -0.469 e. The Morgan fingerprint density at radius 3 is 1.87 bits per heavy atom. The molecule has 0 aromatic carbocycles. The van der Waals surface area contributed by atoms with Gasteiger partial charge in [-0.2, -0.15) is 0 Å². The summed E-state index contributed by atoms with van der Waals surface area (Å²) < 4.78 is 4.75. The molecule has 0 rings (SSSR count). The molecule has 0 saturated carbocycles. The number of hydrogen-bond donors (Lipinski definition) is 0. The van der Waals surface area contributed by atoms with Crippen molar-refractivity contribution in [3.63, 3.8) is 0 Å². The van der Waals surface area contributed by atoms with Gasteiger partial charge in [-0.1, -0.05) is 26.7 Å². The fraction of sp³-hybridized carbons (Fsp3) is 0.833. The van der Waals surface area contributed by atoms with E-state index in [1.165, 1.54) is 7.11 Å². The summed E-state index contributed by atoms with van der Waals surface area (Å²) in [6.45, 7) is 5.60. The van der Waals surface area contributed by atoms with Gasteiger partial charge in [0.2, 0.25) is 0 Å². The van der Waals surface area contributed by atoms with Crippen molar-refractivity contribution in [3.05, 3.63) is 0 Å². The van der Waals surface area contributed by atoms with Gasteiger partial charge in [-0.3, -0.25) is 9.59 Å². The monoisotopic (exact) mass is 214 g/mol. The Balaban J connectivity index is 4.66. The van der Waals surface area contributed by atoms with Crippen LogP contribution in [0.2, 0.25) is 0 Å². The number of hydrogen-bond acceptors (Lipinski definition) is 3. The third-order valence-corrected chi connectivity index (χ3v) is 2.71. The van der Waals surface area contributed by atoms with Crippen LogP contribution in [-0.4, -0.2) is 18.9 Å². The maximum atomic E-state index is 11.5. The molecule has 0 aliphatic carbocycles. The van der Waals surface area contributed by atoms with Crippen molar-refractivity contribution in [2.24, 2.45) is 11.8 Å². The largest absolute Gasteiger partial charge is 0.469 e. The number of ether oxygens (including phenoxy) is 1. The van der Waals surface area contributed by atoms with Crippen LogP contribution in [0.3, 0.4) is 0 Å². The lowest BCUT2D eigenvalue weighted by atomic mass is 9.83. The van der Waals surface area contributed by atoms with E-state index < -0.39 is 0 Å². The van der Waals surface area contributed by atoms with E-state index in [1.54, 1.807) is 6.92 Å². The van der Waals surface area contributed by atoms with Gasteiger partial charge in [-0.25, -0.2) is 0 Å². The highest BCUT2D eigenvalue weighted by atomic mass is 16.5. The van der Waals surface area contributed by atoms with Crippen molar-refractivity contribution in [1.82, 2.24) is 0 Å². The van der Waals surface area contributed by atoms with Crippen molar-refractivity contribution >= 4 is 11.8 Å². The number of carbonyl (C=O) groups is 2. The van der Waals surface area contributed by atoms with Gasteiger partial charge in [-0.15, -0.1) is 0 Å². The third-order valence-electron chi connectivity index (χ3n) is 2.71. The molecule has 2 unspecified atom stereocenters. The zero-order valence-electron chi connectivity index (χ0n) is 10.2. The van der Waals surface area contributed by atoms with Gasteiger partial charge in [0.15, 0.2) is 0 Å². The van der Waals surface area contributed by atoms with E-state index >= 15 is 0 Å². The number of rotatable bonds is 7. The summed E-state index contributed by atoms with van der Waals surface area (Å²) >= 11 is 0. The van der Waals surface area contributed by atoms with Crippen molar-refractivity contribution in [1.29, 1.82) is 0 Å². The van der Waals surface area contributed by atoms with Crippen molar-refractivity contribution in [2.45, 2.75) is 46.5 Å². The smallest absolute Gasteiger partial charge is 0.309 e. The van der Waals surface area contributed by atoms with Crippen molar-refractivity contribution in [2.75, 3.05) is 7.11 Å². The maximum absolute atomic E-state index is 11.5. The molecule has 0 aromatic heterocycles. The van der Waals surface area contributed by atoms with Crippen LogP contribution in [0.5, 0.6) is 0 Å². The average molecular weight is 214 g/mol. The molecule has 88 valence electrons. The molecule has 0 heterocycles. The first kappa shape index (κ1) is 14.1. The third kappa shape index (κ3) is 4.45. The lowest BCUT2D eigenvalue weighted by Crippen LogP contribution is -2.29. The van der Waals surface area contributed by atoms with Crippen LogP contribution in [0.1, 0.15) is 46.5 Å². The van der Waals surface area contributed by atoms with Gasteiger partial charge in [0, 0.05) is 5.92 Å². The molecule has 0 amide bonds. The first-order valence-electron chi connectivity index (χ1n) is 5.66. The minimum absolute atomic E-state index is 0.0979. The molecule has 3 heteroatoms. The van der Waals surface area contributed by atoms with Crippen molar-refractivity contribution in [3.8, 4) is 0 Å². The van der Waals surface area contributed by atoms with E-state index in [-0.39, 0.29) is 23.6 Å². The van der Waals surface area contributed by atoms with Crippen LogP contribution in [0.25, 0.3) is 0 Å². The van der Waals surface area contributed by atoms with Gasteiger partial charge in [0.1, 0.15) is 5.78 Å². The summed E-state index contributed by atoms with van der Waals surface area (Å²) in [7, 11) is 1.38. The number of ketones is 1. The molecule has 0 aromatic rings. The van der Waals surface area contributed by atoms with E-state index in [9.17, 15) is 9.59 Å².